The second-order valence-corrected chi connectivity index (χ2v) is 6.77. The molecule has 0 unspecified atom stereocenters. The van der Waals surface area contributed by atoms with Crippen LogP contribution in [0, 0.1) is 0 Å². The van der Waals surface area contributed by atoms with E-state index >= 15 is 0 Å². The SMILES string of the molecule is C[C@H](Oc1ccc2c(c1)CCC2)C(=O)N[C@H](C)c1cccs1. The van der Waals surface area contributed by atoms with Crippen LogP contribution >= 0.6 is 11.3 Å². The molecule has 0 fully saturated rings. The number of carbonyl (C=O) groups excluding carboxylic acids is 1. The van der Waals surface area contributed by atoms with Gasteiger partial charge in [0.15, 0.2) is 6.10 Å². The van der Waals surface area contributed by atoms with Gasteiger partial charge in [-0.1, -0.05) is 12.1 Å². The molecule has 0 saturated heterocycles. The van der Waals surface area contributed by atoms with Gasteiger partial charge in [-0.15, -0.1) is 11.3 Å². The number of thiophene rings is 1. The quantitative estimate of drug-likeness (QED) is 0.909. The molecule has 0 radical (unpaired) electrons. The van der Waals surface area contributed by atoms with Crippen molar-refractivity contribution in [3.63, 3.8) is 0 Å². The molecule has 2 atom stereocenters. The molecule has 0 aliphatic heterocycles. The largest absolute Gasteiger partial charge is 0.481 e. The topological polar surface area (TPSA) is 38.3 Å². The van der Waals surface area contributed by atoms with Crippen LogP contribution < -0.4 is 10.1 Å². The van der Waals surface area contributed by atoms with Crippen LogP contribution in [-0.4, -0.2) is 12.0 Å². The molecule has 0 spiro atoms. The normalized spacial score (nSPS) is 15.9. The number of nitrogens with one attached hydrogen (secondary N) is 1. The third-order valence-electron chi connectivity index (χ3n) is 4.08. The van der Waals surface area contributed by atoms with Gasteiger partial charge in [0.2, 0.25) is 0 Å². The summed E-state index contributed by atoms with van der Waals surface area (Å²) in [6.45, 7) is 3.79. The van der Waals surface area contributed by atoms with Gasteiger partial charge in [-0.25, -0.2) is 0 Å². The highest BCUT2D eigenvalue weighted by Gasteiger charge is 2.19. The molecule has 0 saturated carbocycles. The summed E-state index contributed by atoms with van der Waals surface area (Å²) in [6, 6.07) is 10.2. The van der Waals surface area contributed by atoms with E-state index in [-0.39, 0.29) is 11.9 Å². The number of rotatable bonds is 5. The second kappa shape index (κ2) is 6.53. The number of hydrogen-bond acceptors (Lipinski definition) is 3. The molecule has 4 heteroatoms. The molecule has 1 amide bonds. The van der Waals surface area contributed by atoms with Crippen LogP contribution in [0.25, 0.3) is 0 Å². The minimum atomic E-state index is -0.498. The first kappa shape index (κ1) is 15.1. The molecular weight excluding hydrogens is 294 g/mol. The van der Waals surface area contributed by atoms with Crippen molar-refractivity contribution in [2.75, 3.05) is 0 Å². The molecular formula is C18H21NO2S. The first-order chi connectivity index (χ1) is 10.6. The van der Waals surface area contributed by atoms with Crippen molar-refractivity contribution in [1.82, 2.24) is 5.32 Å². The van der Waals surface area contributed by atoms with Gasteiger partial charge in [0.1, 0.15) is 5.75 Å². The van der Waals surface area contributed by atoms with Crippen LogP contribution in [0.3, 0.4) is 0 Å². The lowest BCUT2D eigenvalue weighted by Crippen LogP contribution is -2.37. The summed E-state index contributed by atoms with van der Waals surface area (Å²) in [4.78, 5) is 13.4. The third-order valence-corrected chi connectivity index (χ3v) is 5.14. The average molecular weight is 315 g/mol. The number of fused-ring (bicyclic) bond motifs is 1. The summed E-state index contributed by atoms with van der Waals surface area (Å²) in [5.74, 6) is 0.702. The highest BCUT2D eigenvalue weighted by Crippen LogP contribution is 2.26. The van der Waals surface area contributed by atoms with Crippen molar-refractivity contribution in [2.45, 2.75) is 45.3 Å². The fraction of sp³-hybridized carbons (Fsp3) is 0.389. The number of amides is 1. The molecule has 2 aromatic rings. The maximum atomic E-state index is 12.3. The van der Waals surface area contributed by atoms with Gasteiger partial charge in [0, 0.05) is 4.88 Å². The van der Waals surface area contributed by atoms with E-state index in [4.69, 9.17) is 4.74 Å². The lowest BCUT2D eigenvalue weighted by atomic mass is 10.1. The molecule has 3 rings (SSSR count). The molecule has 116 valence electrons. The first-order valence-corrected chi connectivity index (χ1v) is 8.63. The molecule has 1 N–H and O–H groups in total. The maximum Gasteiger partial charge on any atom is 0.261 e. The molecule has 22 heavy (non-hydrogen) atoms. The Balaban J connectivity index is 1.59. The van der Waals surface area contributed by atoms with E-state index in [2.05, 4.69) is 17.4 Å². The second-order valence-electron chi connectivity index (χ2n) is 5.79. The van der Waals surface area contributed by atoms with Gasteiger partial charge < -0.3 is 10.1 Å². The molecule has 1 aliphatic rings. The van der Waals surface area contributed by atoms with Gasteiger partial charge in [0.25, 0.3) is 5.91 Å². The van der Waals surface area contributed by atoms with E-state index in [0.29, 0.717) is 0 Å². The Morgan fingerprint density at radius 3 is 2.82 bits per heavy atom. The minimum absolute atomic E-state index is 0.0126. The van der Waals surface area contributed by atoms with E-state index in [1.165, 1.54) is 17.5 Å². The lowest BCUT2D eigenvalue weighted by Gasteiger charge is -2.18. The zero-order chi connectivity index (χ0) is 15.5. The van der Waals surface area contributed by atoms with Gasteiger partial charge >= 0.3 is 0 Å². The number of carbonyl (C=O) groups is 1. The standard InChI is InChI=1S/C18H21NO2S/c1-12(17-7-4-10-22-17)19-18(20)13(2)21-16-9-8-14-5-3-6-15(14)11-16/h4,7-13H,3,5-6H2,1-2H3,(H,19,20)/t12-,13+/m1/s1. The van der Waals surface area contributed by atoms with E-state index in [0.717, 1.165) is 23.5 Å². The van der Waals surface area contributed by atoms with Crippen molar-refractivity contribution < 1.29 is 9.53 Å². The Kier molecular flexibility index (Phi) is 4.48. The Bertz CT molecular complexity index is 651. The van der Waals surface area contributed by atoms with E-state index in [1.54, 1.807) is 18.3 Å². The van der Waals surface area contributed by atoms with Crippen molar-refractivity contribution in [1.29, 1.82) is 0 Å². The molecule has 1 aromatic carbocycles. The summed E-state index contributed by atoms with van der Waals surface area (Å²) in [7, 11) is 0. The Morgan fingerprint density at radius 2 is 2.05 bits per heavy atom. The minimum Gasteiger partial charge on any atom is -0.481 e. The van der Waals surface area contributed by atoms with E-state index in [1.807, 2.05) is 30.5 Å². The number of benzene rings is 1. The third kappa shape index (κ3) is 3.33. The summed E-state index contributed by atoms with van der Waals surface area (Å²) in [5, 5.41) is 5.02. The predicted molar refractivity (Wildman–Crippen MR) is 89.4 cm³/mol. The fourth-order valence-electron chi connectivity index (χ4n) is 2.82. The lowest BCUT2D eigenvalue weighted by molar-refractivity contribution is -0.127. The molecule has 1 aliphatic carbocycles. The maximum absolute atomic E-state index is 12.3. The van der Waals surface area contributed by atoms with E-state index < -0.39 is 6.10 Å². The van der Waals surface area contributed by atoms with Crippen molar-refractivity contribution in [3.8, 4) is 5.75 Å². The molecule has 1 aromatic heterocycles. The van der Waals surface area contributed by atoms with Crippen LogP contribution in [0.5, 0.6) is 5.75 Å². The smallest absolute Gasteiger partial charge is 0.261 e. The zero-order valence-electron chi connectivity index (χ0n) is 13.0. The Morgan fingerprint density at radius 1 is 1.23 bits per heavy atom. The van der Waals surface area contributed by atoms with Crippen molar-refractivity contribution >= 4 is 17.2 Å². The van der Waals surface area contributed by atoms with Crippen LogP contribution in [-0.2, 0) is 17.6 Å². The zero-order valence-corrected chi connectivity index (χ0v) is 13.8. The number of aryl methyl sites for hydroxylation is 2. The van der Waals surface area contributed by atoms with Crippen LogP contribution in [0.4, 0.5) is 0 Å². The predicted octanol–water partition coefficient (Wildman–Crippen LogP) is 3.88. The number of hydrogen-bond donors (Lipinski definition) is 1. The van der Waals surface area contributed by atoms with Gasteiger partial charge in [-0.3, -0.25) is 4.79 Å². The van der Waals surface area contributed by atoms with Gasteiger partial charge in [0.05, 0.1) is 6.04 Å². The van der Waals surface area contributed by atoms with Crippen molar-refractivity contribution in [3.05, 3.63) is 51.7 Å². The highest BCUT2D eigenvalue weighted by atomic mass is 32.1. The Labute approximate surface area is 135 Å². The van der Waals surface area contributed by atoms with Crippen LogP contribution in [0.15, 0.2) is 35.7 Å². The van der Waals surface area contributed by atoms with E-state index in [9.17, 15) is 4.79 Å². The summed E-state index contributed by atoms with van der Waals surface area (Å²) < 4.78 is 5.81. The highest BCUT2D eigenvalue weighted by molar-refractivity contribution is 7.10. The van der Waals surface area contributed by atoms with Crippen molar-refractivity contribution in [2.24, 2.45) is 0 Å². The first-order valence-electron chi connectivity index (χ1n) is 7.75. The number of ether oxygens (including phenoxy) is 1. The summed E-state index contributed by atoms with van der Waals surface area (Å²) in [5.41, 5.74) is 2.77. The summed E-state index contributed by atoms with van der Waals surface area (Å²) >= 11 is 1.65. The van der Waals surface area contributed by atoms with Gasteiger partial charge in [-0.05, 0) is 67.8 Å². The monoisotopic (exact) mass is 315 g/mol. The fourth-order valence-corrected chi connectivity index (χ4v) is 3.55. The molecule has 3 nitrogen and oxygen atoms in total. The average Bonchev–Trinajstić information content (AvgIpc) is 3.18. The molecule has 1 heterocycles. The van der Waals surface area contributed by atoms with Crippen LogP contribution in [0.2, 0.25) is 0 Å². The summed E-state index contributed by atoms with van der Waals surface area (Å²) in [6.07, 6.45) is 2.99. The molecule has 0 bridgehead atoms. The van der Waals surface area contributed by atoms with Crippen LogP contribution in [0.1, 0.15) is 42.3 Å². The van der Waals surface area contributed by atoms with Gasteiger partial charge in [-0.2, -0.15) is 0 Å². The Hall–Kier alpha value is -1.81.